The number of carbonyl (C=O) groups excluding carboxylic acids is 1. The summed E-state index contributed by atoms with van der Waals surface area (Å²) in [6.07, 6.45) is 0.391. The van der Waals surface area contributed by atoms with Crippen molar-refractivity contribution in [3.8, 4) is 22.6 Å². The van der Waals surface area contributed by atoms with Crippen LogP contribution in [0.25, 0.3) is 22.6 Å². The number of amides is 1. The second-order valence-electron chi connectivity index (χ2n) is 7.59. The second kappa shape index (κ2) is 11.0. The highest BCUT2D eigenvalue weighted by Gasteiger charge is 2.35. The lowest BCUT2D eigenvalue weighted by molar-refractivity contribution is 0.0437. The van der Waals surface area contributed by atoms with Gasteiger partial charge in [0.05, 0.1) is 24.9 Å². The Labute approximate surface area is 199 Å². The predicted molar refractivity (Wildman–Crippen MR) is 120 cm³/mol. The second-order valence-corrected chi connectivity index (χ2v) is 8.62. The zero-order valence-electron chi connectivity index (χ0n) is 18.8. The number of rotatable bonds is 6. The van der Waals surface area contributed by atoms with Gasteiger partial charge >= 0.3 is 13.9 Å². The molecule has 0 bridgehead atoms. The van der Waals surface area contributed by atoms with E-state index in [1.54, 1.807) is 37.4 Å². The normalized spacial score (nSPS) is 16.5. The van der Waals surface area contributed by atoms with E-state index in [2.05, 4.69) is 20.4 Å². The molecule has 13 nitrogen and oxygen atoms in total. The van der Waals surface area contributed by atoms with E-state index in [1.807, 2.05) is 6.92 Å². The molecule has 2 unspecified atom stereocenters. The van der Waals surface area contributed by atoms with E-state index in [4.69, 9.17) is 24.0 Å². The lowest BCUT2D eigenvalue weighted by atomic mass is 10.1. The van der Waals surface area contributed by atoms with E-state index in [0.29, 0.717) is 34.9 Å². The van der Waals surface area contributed by atoms with Crippen LogP contribution in [0.4, 0.5) is 14.9 Å². The molecule has 0 radical (unpaired) electrons. The Kier molecular flexibility index (Phi) is 8.25. The van der Waals surface area contributed by atoms with Crippen molar-refractivity contribution in [2.75, 3.05) is 11.4 Å². The summed E-state index contributed by atoms with van der Waals surface area (Å²) in [5, 5.41) is 21.8. The number of nitrogens with zero attached hydrogens (tertiary/aromatic N) is 6. The van der Waals surface area contributed by atoms with Gasteiger partial charge in [-0.3, -0.25) is 9.88 Å². The van der Waals surface area contributed by atoms with Crippen molar-refractivity contribution < 1.29 is 38.3 Å². The summed E-state index contributed by atoms with van der Waals surface area (Å²) in [5.41, 5.74) is 1.84. The maximum absolute atomic E-state index is 14.8. The van der Waals surface area contributed by atoms with E-state index < -0.39 is 31.9 Å². The third-order valence-electron chi connectivity index (χ3n) is 4.82. The Morgan fingerprint density at radius 1 is 1.26 bits per heavy atom. The molecule has 1 aliphatic rings. The SMILES string of the molecule is CCCn1nnc(-c2ccc(-c3ccc(N4CC(C(C)O)OC4=O)cc3F)cn2)n1.O=P(O)(O)O. The fourth-order valence-electron chi connectivity index (χ4n) is 3.18. The van der Waals surface area contributed by atoms with Crippen LogP contribution >= 0.6 is 7.82 Å². The van der Waals surface area contributed by atoms with Crippen LogP contribution in [0.5, 0.6) is 0 Å². The number of anilines is 1. The number of tetrazole rings is 1. The van der Waals surface area contributed by atoms with Crippen LogP contribution in [0.3, 0.4) is 0 Å². The van der Waals surface area contributed by atoms with Crippen LogP contribution in [0, 0.1) is 5.82 Å². The molecule has 4 rings (SSSR count). The average Bonchev–Trinajstić information content (AvgIpc) is 3.40. The Balaban J connectivity index is 0.000000623. The largest absolute Gasteiger partial charge is 0.466 e. The first-order chi connectivity index (χ1) is 16.5. The van der Waals surface area contributed by atoms with Gasteiger partial charge in [-0.25, -0.2) is 13.8 Å². The maximum atomic E-state index is 14.8. The number of halogens is 1. The maximum Gasteiger partial charge on any atom is 0.466 e. The van der Waals surface area contributed by atoms with Crippen LogP contribution in [0.15, 0.2) is 36.5 Å². The van der Waals surface area contributed by atoms with Gasteiger partial charge in [0, 0.05) is 17.3 Å². The van der Waals surface area contributed by atoms with Gasteiger partial charge in [-0.2, -0.15) is 4.80 Å². The molecule has 2 aromatic heterocycles. The minimum atomic E-state index is -4.64. The number of aliphatic hydroxyl groups excluding tert-OH is 1. The number of aromatic nitrogens is 5. The first kappa shape index (κ1) is 26.3. The first-order valence-corrected chi connectivity index (χ1v) is 12.0. The number of benzene rings is 1. The molecule has 1 aliphatic heterocycles. The summed E-state index contributed by atoms with van der Waals surface area (Å²) >= 11 is 0. The Morgan fingerprint density at radius 3 is 2.51 bits per heavy atom. The van der Waals surface area contributed by atoms with Crippen LogP contribution in [0.2, 0.25) is 0 Å². The van der Waals surface area contributed by atoms with Gasteiger partial charge in [-0.15, -0.1) is 10.2 Å². The van der Waals surface area contributed by atoms with E-state index in [0.717, 1.165) is 6.42 Å². The summed E-state index contributed by atoms with van der Waals surface area (Å²) in [6, 6.07) is 7.93. The number of cyclic esters (lactones) is 1. The molecule has 2 atom stereocenters. The highest BCUT2D eigenvalue weighted by atomic mass is 31.2. The quantitative estimate of drug-likeness (QED) is 0.354. The minimum absolute atomic E-state index is 0.164. The summed E-state index contributed by atoms with van der Waals surface area (Å²) < 4.78 is 28.8. The summed E-state index contributed by atoms with van der Waals surface area (Å²) in [5.74, 6) is -0.0895. The highest BCUT2D eigenvalue weighted by Crippen LogP contribution is 2.30. The average molecular weight is 510 g/mol. The highest BCUT2D eigenvalue weighted by molar-refractivity contribution is 7.45. The van der Waals surface area contributed by atoms with Gasteiger partial charge in [0.25, 0.3) is 0 Å². The van der Waals surface area contributed by atoms with Crippen molar-refractivity contribution in [1.29, 1.82) is 0 Å². The molecule has 4 N–H and O–H groups in total. The van der Waals surface area contributed by atoms with Crippen LogP contribution in [0.1, 0.15) is 20.3 Å². The van der Waals surface area contributed by atoms with Gasteiger partial charge in [0.2, 0.25) is 5.82 Å². The van der Waals surface area contributed by atoms with E-state index in [-0.39, 0.29) is 6.54 Å². The lowest BCUT2D eigenvalue weighted by Gasteiger charge is -2.15. The number of aliphatic hydroxyl groups is 1. The van der Waals surface area contributed by atoms with Crippen LogP contribution in [-0.2, 0) is 15.8 Å². The van der Waals surface area contributed by atoms with Gasteiger partial charge < -0.3 is 24.5 Å². The van der Waals surface area contributed by atoms with Crippen LogP contribution < -0.4 is 4.90 Å². The summed E-state index contributed by atoms with van der Waals surface area (Å²) in [4.78, 5) is 40.7. The molecular formula is C20H24FN6O7P. The van der Waals surface area contributed by atoms with Gasteiger partial charge in [-0.05, 0) is 42.8 Å². The Bertz CT molecular complexity index is 1210. The number of hydrogen-bond acceptors (Lipinski definition) is 8. The van der Waals surface area contributed by atoms with E-state index >= 15 is 0 Å². The lowest BCUT2D eigenvalue weighted by Crippen LogP contribution is -2.29. The molecule has 1 fully saturated rings. The van der Waals surface area contributed by atoms with Gasteiger partial charge in [-0.1, -0.05) is 13.0 Å². The number of ether oxygens (including phenoxy) is 1. The third kappa shape index (κ3) is 7.10. The first-order valence-electron chi connectivity index (χ1n) is 10.4. The molecule has 1 amide bonds. The molecule has 0 aliphatic carbocycles. The third-order valence-corrected chi connectivity index (χ3v) is 4.82. The molecule has 0 saturated carbocycles. The molecule has 1 saturated heterocycles. The smallest absolute Gasteiger partial charge is 0.441 e. The number of pyridine rings is 1. The molecule has 15 heteroatoms. The molecule has 1 aromatic carbocycles. The van der Waals surface area contributed by atoms with Crippen molar-refractivity contribution in [2.45, 2.75) is 39.0 Å². The van der Waals surface area contributed by atoms with E-state index in [1.165, 1.54) is 15.8 Å². The van der Waals surface area contributed by atoms with Crippen molar-refractivity contribution in [3.05, 3.63) is 42.3 Å². The summed E-state index contributed by atoms with van der Waals surface area (Å²) in [7, 11) is -4.64. The molecule has 3 heterocycles. The topological polar surface area (TPSA) is 184 Å². The molecule has 0 spiro atoms. The van der Waals surface area contributed by atoms with Crippen molar-refractivity contribution in [2.24, 2.45) is 0 Å². The molecule has 35 heavy (non-hydrogen) atoms. The van der Waals surface area contributed by atoms with E-state index in [9.17, 15) is 14.3 Å². The van der Waals surface area contributed by atoms with Crippen LogP contribution in [-0.4, -0.2) is 69.8 Å². The zero-order chi connectivity index (χ0) is 25.8. The minimum Gasteiger partial charge on any atom is -0.441 e. The van der Waals surface area contributed by atoms with Gasteiger partial charge in [0.1, 0.15) is 17.6 Å². The van der Waals surface area contributed by atoms with Crippen molar-refractivity contribution in [3.63, 3.8) is 0 Å². The van der Waals surface area contributed by atoms with Gasteiger partial charge in [0.15, 0.2) is 0 Å². The number of carbonyl (C=O) groups is 1. The monoisotopic (exact) mass is 510 g/mol. The Morgan fingerprint density at radius 2 is 1.97 bits per heavy atom. The predicted octanol–water partition coefficient (Wildman–Crippen LogP) is 1.73. The van der Waals surface area contributed by atoms with Crippen molar-refractivity contribution in [1.82, 2.24) is 25.2 Å². The molecule has 3 aromatic rings. The Hall–Kier alpha value is -3.29. The fourth-order valence-corrected chi connectivity index (χ4v) is 3.18. The summed E-state index contributed by atoms with van der Waals surface area (Å²) in [6.45, 7) is 4.40. The fraction of sp³-hybridized carbons (Fsp3) is 0.350. The standard InChI is InChI=1S/C20H21FN6O3.H3O4P/c1-3-8-27-24-19(23-25-27)17-7-4-13(10-22-17)15-6-5-14(9-16(15)21)26-11-18(12(2)28)30-20(26)29;1-5(2,3)4/h4-7,9-10,12,18,28H,3,8,11H2,1-2H3;(H3,1,2,3,4). The number of phosphoric acid groups is 1. The molecule has 188 valence electrons. The zero-order valence-corrected chi connectivity index (χ0v) is 19.7. The van der Waals surface area contributed by atoms with Crippen molar-refractivity contribution >= 4 is 19.6 Å². The molecular weight excluding hydrogens is 486 g/mol. The number of hydrogen-bond donors (Lipinski definition) is 4. The number of aryl methyl sites for hydroxylation is 1.